The molecular weight excluding hydrogens is 761 g/mol. The Morgan fingerprint density at radius 3 is 1.13 bits per heavy atom. The van der Waals surface area contributed by atoms with Crippen molar-refractivity contribution in [1.82, 2.24) is 39.9 Å². The maximum atomic E-state index is 5.17. The molecule has 3 aromatic heterocycles. The Hall–Kier alpha value is -8.36. The number of rotatable bonds is 9. The lowest BCUT2D eigenvalue weighted by atomic mass is 9.86. The Labute approximate surface area is 359 Å². The summed E-state index contributed by atoms with van der Waals surface area (Å²) in [6.45, 7) is 3.93. The van der Waals surface area contributed by atoms with Gasteiger partial charge in [0.05, 0.1) is 5.69 Å². The molecule has 10 rings (SSSR count). The van der Waals surface area contributed by atoms with Gasteiger partial charge in [-0.3, -0.25) is 0 Å². The first-order valence-electron chi connectivity index (χ1n) is 20.4. The lowest BCUT2D eigenvalue weighted by Gasteiger charge is -2.19. The van der Waals surface area contributed by atoms with E-state index in [1.165, 1.54) is 0 Å². The highest BCUT2D eigenvalue weighted by Gasteiger charge is 2.22. The van der Waals surface area contributed by atoms with Crippen molar-refractivity contribution in [1.29, 1.82) is 0 Å². The van der Waals surface area contributed by atoms with Crippen LogP contribution < -0.4 is 0 Å². The predicted octanol–water partition coefficient (Wildman–Crippen LogP) is 12.5. The maximum Gasteiger partial charge on any atom is 0.164 e. The maximum absolute atomic E-state index is 5.17. The Morgan fingerprint density at radius 1 is 0.258 bits per heavy atom. The van der Waals surface area contributed by atoms with Crippen LogP contribution in [0.5, 0.6) is 0 Å². The van der Waals surface area contributed by atoms with E-state index < -0.39 is 0 Å². The van der Waals surface area contributed by atoms with E-state index in [0.717, 1.165) is 72.6 Å². The largest absolute Gasteiger partial charge is 0.239 e. The second-order valence-electron chi connectivity index (χ2n) is 14.9. The highest BCUT2D eigenvalue weighted by atomic mass is 15.0. The van der Waals surface area contributed by atoms with Crippen LogP contribution in [0.1, 0.15) is 11.5 Å². The average molecular weight is 799 g/mol. The lowest BCUT2D eigenvalue weighted by Crippen LogP contribution is -2.02. The Balaban J connectivity index is 1.19. The average Bonchev–Trinajstić information content (AvgIpc) is 3.34. The second-order valence-corrected chi connectivity index (χ2v) is 14.9. The van der Waals surface area contributed by atoms with Crippen LogP contribution in [0.3, 0.4) is 0 Å². The van der Waals surface area contributed by atoms with E-state index in [1.54, 1.807) is 0 Å². The summed E-state index contributed by atoms with van der Waals surface area (Å²) in [6, 6.07) is 65.3. The quantitative estimate of drug-likeness (QED) is 0.142. The van der Waals surface area contributed by atoms with Crippen molar-refractivity contribution in [3.05, 3.63) is 206 Å². The predicted molar refractivity (Wildman–Crippen MR) is 247 cm³/mol. The highest BCUT2D eigenvalue weighted by molar-refractivity contribution is 5.99. The van der Waals surface area contributed by atoms with Gasteiger partial charge in [0.1, 0.15) is 5.82 Å². The van der Waals surface area contributed by atoms with Gasteiger partial charge in [0.2, 0.25) is 0 Å². The van der Waals surface area contributed by atoms with Gasteiger partial charge < -0.3 is 0 Å². The topological polar surface area (TPSA) is 103 Å². The summed E-state index contributed by atoms with van der Waals surface area (Å²) in [6.07, 6.45) is 0. The molecule has 0 bridgehead atoms. The zero-order chi connectivity index (χ0) is 41.8. The van der Waals surface area contributed by atoms with Crippen LogP contribution in [0.2, 0.25) is 0 Å². The van der Waals surface area contributed by atoms with E-state index in [1.807, 2.05) is 147 Å². The normalized spacial score (nSPS) is 11.1. The summed E-state index contributed by atoms with van der Waals surface area (Å²) in [5.41, 5.74) is 11.9. The van der Waals surface area contributed by atoms with Crippen molar-refractivity contribution in [2.75, 3.05) is 0 Å². The summed E-state index contributed by atoms with van der Waals surface area (Å²) in [5, 5.41) is 0. The Morgan fingerprint density at radius 2 is 0.629 bits per heavy atom. The molecule has 0 atom stereocenters. The first-order chi connectivity index (χ1) is 30.5. The van der Waals surface area contributed by atoms with Crippen molar-refractivity contribution in [2.45, 2.75) is 13.8 Å². The zero-order valence-corrected chi connectivity index (χ0v) is 34.1. The van der Waals surface area contributed by atoms with Gasteiger partial charge in [-0.15, -0.1) is 0 Å². The molecule has 7 aromatic carbocycles. The smallest absolute Gasteiger partial charge is 0.164 e. The molecule has 0 radical (unpaired) electrons. The molecule has 62 heavy (non-hydrogen) atoms. The van der Waals surface area contributed by atoms with E-state index in [-0.39, 0.29) is 0 Å². The molecule has 0 amide bonds. The summed E-state index contributed by atoms with van der Waals surface area (Å²) in [5.74, 6) is 4.23. The van der Waals surface area contributed by atoms with Crippen molar-refractivity contribution < 1.29 is 0 Å². The summed E-state index contributed by atoms with van der Waals surface area (Å²) < 4.78 is 0. The van der Waals surface area contributed by atoms with Crippen LogP contribution >= 0.6 is 0 Å². The first kappa shape index (κ1) is 37.9. The van der Waals surface area contributed by atoms with Crippen molar-refractivity contribution in [3.8, 4) is 102 Å². The molecule has 0 saturated heterocycles. The summed E-state index contributed by atoms with van der Waals surface area (Å²) in [4.78, 5) is 40.0. The molecule has 0 spiro atoms. The van der Waals surface area contributed by atoms with E-state index in [9.17, 15) is 0 Å². The third-order valence-corrected chi connectivity index (χ3v) is 10.6. The molecule has 0 saturated carbocycles. The minimum Gasteiger partial charge on any atom is -0.239 e. The van der Waals surface area contributed by atoms with Crippen LogP contribution in [0.4, 0.5) is 0 Å². The van der Waals surface area contributed by atoms with Gasteiger partial charge in [-0.05, 0) is 48.2 Å². The minimum atomic E-state index is 0.560. The Kier molecular flexibility index (Phi) is 10.2. The van der Waals surface area contributed by atoms with E-state index in [4.69, 9.17) is 34.9 Å². The molecular formula is C54H38N8. The van der Waals surface area contributed by atoms with Crippen molar-refractivity contribution >= 4 is 0 Å². The van der Waals surface area contributed by atoms with Crippen molar-refractivity contribution in [3.63, 3.8) is 0 Å². The molecule has 0 fully saturated rings. The van der Waals surface area contributed by atoms with Gasteiger partial charge in [0.25, 0.3) is 0 Å². The standard InChI is InChI=1S/C54H38N8/c1-35-33-47(56-36(2)55-35)46-32-18-31-43(41-27-17-28-42(34-41)53-59-49(37-19-7-3-8-20-37)57-50(60-53)38-21-9-4-10-22-38)48(46)44-29-15-16-30-45(44)54-61-51(39-23-11-5-12-24-39)58-52(62-54)40-25-13-6-14-26-40/h3-34H,1-2H3. The van der Waals surface area contributed by atoms with Crippen LogP contribution in [-0.2, 0) is 0 Å². The molecule has 8 heteroatoms. The molecule has 0 unspecified atom stereocenters. The monoisotopic (exact) mass is 798 g/mol. The van der Waals surface area contributed by atoms with Gasteiger partial charge in [-0.1, -0.05) is 182 Å². The highest BCUT2D eigenvalue weighted by Crippen LogP contribution is 2.44. The second kappa shape index (κ2) is 16.7. The summed E-state index contributed by atoms with van der Waals surface area (Å²) in [7, 11) is 0. The fraction of sp³-hybridized carbons (Fsp3) is 0.0370. The van der Waals surface area contributed by atoms with Crippen LogP contribution in [0.25, 0.3) is 102 Å². The Bertz CT molecular complexity index is 3060. The molecule has 0 aliphatic heterocycles. The molecule has 0 aliphatic rings. The third-order valence-electron chi connectivity index (χ3n) is 10.6. The fourth-order valence-electron chi connectivity index (χ4n) is 7.74. The zero-order valence-electron chi connectivity index (χ0n) is 34.1. The van der Waals surface area contributed by atoms with Gasteiger partial charge in [-0.25, -0.2) is 39.9 Å². The number of hydrogen-bond donors (Lipinski definition) is 0. The third kappa shape index (κ3) is 7.76. The van der Waals surface area contributed by atoms with E-state index in [0.29, 0.717) is 40.8 Å². The van der Waals surface area contributed by atoms with E-state index >= 15 is 0 Å². The number of aromatic nitrogens is 8. The number of benzene rings is 7. The molecule has 0 N–H and O–H groups in total. The first-order valence-corrected chi connectivity index (χ1v) is 20.4. The van der Waals surface area contributed by atoms with Crippen LogP contribution in [0, 0.1) is 13.8 Å². The van der Waals surface area contributed by atoms with Gasteiger partial charge in [0, 0.05) is 44.6 Å². The van der Waals surface area contributed by atoms with Crippen molar-refractivity contribution in [2.24, 2.45) is 0 Å². The van der Waals surface area contributed by atoms with Gasteiger partial charge in [0.15, 0.2) is 34.9 Å². The van der Waals surface area contributed by atoms with Gasteiger partial charge >= 0.3 is 0 Å². The van der Waals surface area contributed by atoms with Crippen LogP contribution in [0.15, 0.2) is 194 Å². The van der Waals surface area contributed by atoms with Gasteiger partial charge in [-0.2, -0.15) is 0 Å². The number of aryl methyl sites for hydroxylation is 2. The molecule has 10 aromatic rings. The molecule has 0 aliphatic carbocycles. The van der Waals surface area contributed by atoms with Crippen LogP contribution in [-0.4, -0.2) is 39.9 Å². The molecule has 294 valence electrons. The SMILES string of the molecule is Cc1cc(-c2cccc(-c3cccc(-c4nc(-c5ccccc5)nc(-c5ccccc5)n4)c3)c2-c2ccccc2-c2nc(-c3ccccc3)nc(-c3ccccc3)n2)nc(C)n1. The molecule has 3 heterocycles. The molecule has 8 nitrogen and oxygen atoms in total. The summed E-state index contributed by atoms with van der Waals surface area (Å²) >= 11 is 0. The number of nitrogens with zero attached hydrogens (tertiary/aromatic N) is 8. The minimum absolute atomic E-state index is 0.560. The lowest BCUT2D eigenvalue weighted by molar-refractivity contribution is 1.02. The number of hydrogen-bond acceptors (Lipinski definition) is 8. The fourth-order valence-corrected chi connectivity index (χ4v) is 7.74. The van der Waals surface area contributed by atoms with E-state index in [2.05, 4.69) is 65.6 Å².